The second kappa shape index (κ2) is 17.8. The van der Waals surface area contributed by atoms with E-state index in [-0.39, 0.29) is 68.8 Å². The topological polar surface area (TPSA) is 151 Å². The minimum Gasteiger partial charge on any atom is -0.371 e. The molecule has 0 spiro atoms. The Balaban J connectivity index is 1.88. The van der Waals surface area contributed by atoms with Gasteiger partial charge in [-0.1, -0.05) is 27.7 Å². The van der Waals surface area contributed by atoms with Crippen molar-refractivity contribution in [2.75, 3.05) is 39.5 Å². The Hall–Kier alpha value is 0.0200. The predicted molar refractivity (Wildman–Crippen MR) is 168 cm³/mol. The Kier molecular flexibility index (Phi) is 16.2. The van der Waals surface area contributed by atoms with Gasteiger partial charge in [0.15, 0.2) is 0 Å². The minimum atomic E-state index is -4.43. The van der Waals surface area contributed by atoms with Crippen molar-refractivity contribution in [3.05, 3.63) is 0 Å². The van der Waals surface area contributed by atoms with Gasteiger partial charge < -0.3 is 25.2 Å². The zero-order chi connectivity index (χ0) is 32.5. The quantitative estimate of drug-likeness (QED) is 0.141. The molecule has 2 rings (SSSR count). The van der Waals surface area contributed by atoms with Crippen LogP contribution in [0.25, 0.3) is 0 Å². The molecule has 0 aromatic heterocycles. The fourth-order valence-corrected chi connectivity index (χ4v) is 7.54. The van der Waals surface area contributed by atoms with E-state index in [0.717, 1.165) is 25.9 Å². The molecular formula is C28H60N4O9P2. The van der Waals surface area contributed by atoms with Gasteiger partial charge in [-0.05, 0) is 54.4 Å². The SMILES string of the molecule is CC(C)N[C@@H]1C[C@@H](COP(=O)(O)OCC(COP(=O)(O)OC[C@H]2C[C@H](NC(C)C)CN2C(C)C)OC(C)C)N(C(C)C)C1. The van der Waals surface area contributed by atoms with E-state index in [1.807, 2.05) is 0 Å². The van der Waals surface area contributed by atoms with Crippen LogP contribution in [0.5, 0.6) is 0 Å². The van der Waals surface area contributed by atoms with Crippen molar-refractivity contribution in [2.45, 2.75) is 143 Å². The molecule has 0 aliphatic carbocycles. The number of phosphoric ester groups is 2. The van der Waals surface area contributed by atoms with Gasteiger partial charge in [0.25, 0.3) is 0 Å². The lowest BCUT2D eigenvalue weighted by molar-refractivity contribution is -0.0514. The maximum Gasteiger partial charge on any atom is 0.472 e. The molecule has 2 aliphatic heterocycles. The monoisotopic (exact) mass is 658 g/mol. The summed E-state index contributed by atoms with van der Waals surface area (Å²) in [6, 6.07) is 1.65. The maximum absolute atomic E-state index is 12.8. The molecule has 15 heteroatoms. The molecule has 2 fully saturated rings. The predicted octanol–water partition coefficient (Wildman–Crippen LogP) is 3.75. The molecule has 0 bridgehead atoms. The summed E-state index contributed by atoms with van der Waals surface area (Å²) in [6.07, 6.45) is 0.395. The largest absolute Gasteiger partial charge is 0.472 e. The number of ether oxygens (including phenoxy) is 1. The normalized spacial score (nSPS) is 27.7. The smallest absolute Gasteiger partial charge is 0.371 e. The van der Waals surface area contributed by atoms with Crippen LogP contribution in [0.15, 0.2) is 0 Å². The maximum atomic E-state index is 12.8. The molecule has 2 heterocycles. The van der Waals surface area contributed by atoms with Crippen molar-refractivity contribution >= 4 is 15.6 Å². The van der Waals surface area contributed by atoms with Crippen LogP contribution in [-0.2, 0) is 32.0 Å². The van der Waals surface area contributed by atoms with Gasteiger partial charge in [0.05, 0.1) is 32.5 Å². The highest BCUT2D eigenvalue weighted by Gasteiger charge is 2.38. The Morgan fingerprint density at radius 3 is 1.35 bits per heavy atom. The van der Waals surface area contributed by atoms with Crippen molar-refractivity contribution < 1.29 is 41.7 Å². The van der Waals surface area contributed by atoms with Crippen LogP contribution >= 0.6 is 15.6 Å². The van der Waals surface area contributed by atoms with E-state index < -0.39 is 21.7 Å². The molecule has 0 amide bonds. The standard InChI is InChI=1S/C28H60N4O9P2/c1-19(2)29-24-11-26(31(13-24)21(5)6)15-37-42(33,34)39-17-28(41-23(9)10)18-40-43(35,36)38-16-27-12-25(30-20(3)4)14-32(27)22(7)8/h19-30H,11-18H2,1-10H3,(H,33,34)(H,35,36)/t24-,25+,26+,27-,28?. The molecule has 0 aromatic carbocycles. The van der Waals surface area contributed by atoms with Crippen molar-refractivity contribution in [3.63, 3.8) is 0 Å². The molecule has 2 saturated heterocycles. The Morgan fingerprint density at radius 1 is 0.674 bits per heavy atom. The molecule has 7 atom stereocenters. The molecule has 0 saturated carbocycles. The summed E-state index contributed by atoms with van der Waals surface area (Å²) in [7, 11) is -8.85. The van der Waals surface area contributed by atoms with Crippen molar-refractivity contribution in [2.24, 2.45) is 0 Å². The first-order valence-electron chi connectivity index (χ1n) is 15.8. The van der Waals surface area contributed by atoms with Crippen LogP contribution in [0, 0.1) is 0 Å². The third-order valence-corrected chi connectivity index (χ3v) is 9.45. The fraction of sp³-hybridized carbons (Fsp3) is 1.00. The number of hydrogen-bond donors (Lipinski definition) is 4. The molecule has 256 valence electrons. The second-order valence-corrected chi connectivity index (χ2v) is 16.2. The summed E-state index contributed by atoms with van der Waals surface area (Å²) < 4.78 is 52.6. The average molecular weight is 659 g/mol. The first-order chi connectivity index (χ1) is 19.9. The van der Waals surface area contributed by atoms with Crippen molar-refractivity contribution in [1.29, 1.82) is 0 Å². The van der Waals surface area contributed by atoms with Crippen LogP contribution < -0.4 is 10.6 Å². The molecule has 3 unspecified atom stereocenters. The van der Waals surface area contributed by atoms with Crippen LogP contribution in [0.1, 0.15) is 82.1 Å². The van der Waals surface area contributed by atoms with E-state index in [1.165, 1.54) is 0 Å². The van der Waals surface area contributed by atoms with Gasteiger partial charge in [-0.15, -0.1) is 0 Å². The average Bonchev–Trinajstić information content (AvgIpc) is 3.46. The van der Waals surface area contributed by atoms with E-state index in [2.05, 4.69) is 75.8 Å². The molecule has 43 heavy (non-hydrogen) atoms. The highest BCUT2D eigenvalue weighted by atomic mass is 31.2. The third-order valence-electron chi connectivity index (χ3n) is 7.55. The molecule has 0 radical (unpaired) electrons. The van der Waals surface area contributed by atoms with Gasteiger partial charge in [0.2, 0.25) is 0 Å². The van der Waals surface area contributed by atoms with E-state index in [4.69, 9.17) is 22.8 Å². The lowest BCUT2D eigenvalue weighted by Gasteiger charge is -2.29. The van der Waals surface area contributed by atoms with Gasteiger partial charge in [-0.25, -0.2) is 9.13 Å². The van der Waals surface area contributed by atoms with Crippen molar-refractivity contribution in [1.82, 2.24) is 20.4 Å². The molecule has 13 nitrogen and oxygen atoms in total. The number of phosphoric acid groups is 2. The zero-order valence-corrected chi connectivity index (χ0v) is 29.8. The second-order valence-electron chi connectivity index (χ2n) is 13.3. The van der Waals surface area contributed by atoms with E-state index >= 15 is 0 Å². The van der Waals surface area contributed by atoms with Gasteiger partial charge in [-0.2, -0.15) is 0 Å². The van der Waals surface area contributed by atoms with Gasteiger partial charge in [0, 0.05) is 61.4 Å². The summed E-state index contributed by atoms with van der Waals surface area (Å²) in [5.41, 5.74) is 0. The van der Waals surface area contributed by atoms with Crippen LogP contribution in [0.3, 0.4) is 0 Å². The molecule has 0 aromatic rings. The Bertz CT molecular complexity index is 845. The summed E-state index contributed by atoms with van der Waals surface area (Å²) >= 11 is 0. The number of nitrogens with one attached hydrogen (secondary N) is 2. The number of rotatable bonds is 20. The highest BCUT2D eigenvalue weighted by Crippen LogP contribution is 2.46. The molecular weight excluding hydrogens is 598 g/mol. The van der Waals surface area contributed by atoms with Crippen LogP contribution in [-0.4, -0.2) is 120 Å². The molecule has 4 N–H and O–H groups in total. The van der Waals surface area contributed by atoms with E-state index in [1.54, 1.807) is 13.8 Å². The highest BCUT2D eigenvalue weighted by molar-refractivity contribution is 7.47. The summed E-state index contributed by atoms with van der Waals surface area (Å²) in [4.78, 5) is 25.3. The van der Waals surface area contributed by atoms with E-state index in [0.29, 0.717) is 12.1 Å². The molecule has 2 aliphatic rings. The fourth-order valence-electron chi connectivity index (χ4n) is 5.96. The minimum absolute atomic E-state index is 0.0355. The van der Waals surface area contributed by atoms with Crippen LogP contribution in [0.4, 0.5) is 0 Å². The first-order valence-corrected chi connectivity index (χ1v) is 18.8. The van der Waals surface area contributed by atoms with Gasteiger partial charge in [-0.3, -0.25) is 27.9 Å². The van der Waals surface area contributed by atoms with Gasteiger partial charge in [0.1, 0.15) is 6.10 Å². The lowest BCUT2D eigenvalue weighted by Crippen LogP contribution is -2.40. The number of likely N-dealkylation sites (tertiary alicyclic amines) is 2. The summed E-state index contributed by atoms with van der Waals surface area (Å²) in [6.45, 7) is 21.3. The Morgan fingerprint density at radius 2 is 1.05 bits per heavy atom. The first kappa shape index (κ1) is 39.2. The van der Waals surface area contributed by atoms with Gasteiger partial charge >= 0.3 is 15.6 Å². The third kappa shape index (κ3) is 14.5. The number of nitrogens with zero attached hydrogens (tertiary/aromatic N) is 2. The number of hydrogen-bond acceptors (Lipinski definition) is 11. The Labute approximate surface area is 259 Å². The lowest BCUT2D eigenvalue weighted by atomic mass is 10.1. The summed E-state index contributed by atoms with van der Waals surface area (Å²) in [5, 5.41) is 7.06. The summed E-state index contributed by atoms with van der Waals surface area (Å²) in [5.74, 6) is 0. The zero-order valence-electron chi connectivity index (χ0n) is 28.0. The van der Waals surface area contributed by atoms with Crippen molar-refractivity contribution in [3.8, 4) is 0 Å². The van der Waals surface area contributed by atoms with E-state index in [9.17, 15) is 18.9 Å². The van der Waals surface area contributed by atoms with Crippen LogP contribution in [0.2, 0.25) is 0 Å².